The van der Waals surface area contributed by atoms with Gasteiger partial charge in [-0.25, -0.2) is 22.7 Å². The van der Waals surface area contributed by atoms with Crippen LogP contribution in [0.15, 0.2) is 71.6 Å². The SMILES string of the molecule is Cc1ccc(S(=O)(=O)N(C)C(=O)c2cccc(-c3nc4ccccc4[nH]3)n2)cc1. The molecule has 0 spiro atoms. The van der Waals surface area contributed by atoms with Gasteiger partial charge in [0.25, 0.3) is 15.9 Å². The number of rotatable bonds is 4. The van der Waals surface area contributed by atoms with Crippen molar-refractivity contribution in [3.05, 3.63) is 78.0 Å². The zero-order valence-electron chi connectivity index (χ0n) is 15.8. The summed E-state index contributed by atoms with van der Waals surface area (Å²) in [6, 6.07) is 18.7. The van der Waals surface area contributed by atoms with Crippen molar-refractivity contribution in [1.82, 2.24) is 19.3 Å². The minimum absolute atomic E-state index is 0.0149. The second kappa shape index (κ2) is 7.14. The van der Waals surface area contributed by atoms with E-state index in [0.29, 0.717) is 15.8 Å². The van der Waals surface area contributed by atoms with Gasteiger partial charge in [-0.2, -0.15) is 0 Å². The van der Waals surface area contributed by atoms with Crippen LogP contribution >= 0.6 is 0 Å². The summed E-state index contributed by atoms with van der Waals surface area (Å²) in [5.74, 6) is -0.214. The van der Waals surface area contributed by atoms with Crippen molar-refractivity contribution in [2.45, 2.75) is 11.8 Å². The first-order valence-electron chi connectivity index (χ1n) is 8.88. The van der Waals surface area contributed by atoms with Crippen LogP contribution in [0.3, 0.4) is 0 Å². The monoisotopic (exact) mass is 406 g/mol. The van der Waals surface area contributed by atoms with Gasteiger partial charge in [-0.3, -0.25) is 4.79 Å². The summed E-state index contributed by atoms with van der Waals surface area (Å²) in [5.41, 5.74) is 3.02. The summed E-state index contributed by atoms with van der Waals surface area (Å²) >= 11 is 0. The van der Waals surface area contributed by atoms with E-state index in [0.717, 1.165) is 16.6 Å². The van der Waals surface area contributed by atoms with E-state index in [2.05, 4.69) is 15.0 Å². The van der Waals surface area contributed by atoms with Gasteiger partial charge < -0.3 is 4.98 Å². The van der Waals surface area contributed by atoms with Gasteiger partial charge in [0.05, 0.1) is 15.9 Å². The normalized spacial score (nSPS) is 11.5. The van der Waals surface area contributed by atoms with E-state index in [1.54, 1.807) is 24.3 Å². The number of nitrogens with zero attached hydrogens (tertiary/aromatic N) is 3. The molecule has 1 amide bonds. The summed E-state index contributed by atoms with van der Waals surface area (Å²) in [6.45, 7) is 1.86. The number of amides is 1. The molecule has 0 saturated carbocycles. The van der Waals surface area contributed by atoms with Crippen molar-refractivity contribution in [2.24, 2.45) is 0 Å². The fraction of sp³-hybridized carbons (Fsp3) is 0.0952. The number of H-pyrrole nitrogens is 1. The van der Waals surface area contributed by atoms with Gasteiger partial charge in [0, 0.05) is 7.05 Å². The molecule has 8 heteroatoms. The molecule has 2 aromatic heterocycles. The van der Waals surface area contributed by atoms with E-state index in [1.165, 1.54) is 25.2 Å². The summed E-state index contributed by atoms with van der Waals surface area (Å²) < 4.78 is 26.3. The van der Waals surface area contributed by atoms with E-state index in [9.17, 15) is 13.2 Å². The van der Waals surface area contributed by atoms with Gasteiger partial charge in [0.1, 0.15) is 11.4 Å². The Morgan fingerprint density at radius 1 is 0.931 bits per heavy atom. The van der Waals surface area contributed by atoms with E-state index < -0.39 is 15.9 Å². The zero-order valence-corrected chi connectivity index (χ0v) is 16.6. The first-order chi connectivity index (χ1) is 13.9. The molecule has 0 radical (unpaired) electrons. The number of benzene rings is 2. The maximum Gasteiger partial charge on any atom is 0.285 e. The van der Waals surface area contributed by atoms with Crippen LogP contribution in [0.4, 0.5) is 0 Å². The lowest BCUT2D eigenvalue weighted by atomic mass is 10.2. The van der Waals surface area contributed by atoms with E-state index in [1.807, 2.05) is 31.2 Å². The van der Waals surface area contributed by atoms with Crippen molar-refractivity contribution < 1.29 is 13.2 Å². The molecule has 0 aliphatic rings. The van der Waals surface area contributed by atoms with Gasteiger partial charge >= 0.3 is 0 Å². The molecule has 0 unspecified atom stereocenters. The van der Waals surface area contributed by atoms with Crippen molar-refractivity contribution in [3.8, 4) is 11.5 Å². The van der Waals surface area contributed by atoms with Crippen molar-refractivity contribution in [2.75, 3.05) is 7.05 Å². The lowest BCUT2D eigenvalue weighted by Gasteiger charge is -2.17. The van der Waals surface area contributed by atoms with Crippen LogP contribution in [-0.2, 0) is 10.0 Å². The fourth-order valence-electron chi connectivity index (χ4n) is 2.90. The smallest absolute Gasteiger partial charge is 0.285 e. The molecule has 29 heavy (non-hydrogen) atoms. The topological polar surface area (TPSA) is 96.0 Å². The molecule has 2 heterocycles. The molecule has 4 rings (SSSR count). The lowest BCUT2D eigenvalue weighted by Crippen LogP contribution is -2.33. The molecule has 7 nitrogen and oxygen atoms in total. The minimum atomic E-state index is -3.98. The molecule has 1 N–H and O–H groups in total. The Kier molecular flexibility index (Phi) is 4.63. The first-order valence-corrected chi connectivity index (χ1v) is 10.3. The largest absolute Gasteiger partial charge is 0.337 e. The number of carbonyl (C=O) groups excluding carboxylic acids is 1. The Morgan fingerprint density at radius 3 is 2.38 bits per heavy atom. The number of aromatic amines is 1. The van der Waals surface area contributed by atoms with Crippen molar-refractivity contribution in [3.63, 3.8) is 0 Å². The predicted molar refractivity (Wildman–Crippen MR) is 110 cm³/mol. The molecule has 0 saturated heterocycles. The lowest BCUT2D eigenvalue weighted by molar-refractivity contribution is 0.0877. The number of hydrogen-bond acceptors (Lipinski definition) is 5. The molecule has 0 bridgehead atoms. The Balaban J connectivity index is 1.67. The number of fused-ring (bicyclic) bond motifs is 1. The molecule has 0 fully saturated rings. The van der Waals surface area contributed by atoms with Crippen LogP contribution in [0.25, 0.3) is 22.6 Å². The summed E-state index contributed by atoms with van der Waals surface area (Å²) in [7, 11) is -2.75. The molecule has 0 aliphatic carbocycles. The third-order valence-electron chi connectivity index (χ3n) is 4.57. The Morgan fingerprint density at radius 2 is 1.66 bits per heavy atom. The first kappa shape index (κ1) is 18.8. The third kappa shape index (κ3) is 3.50. The predicted octanol–water partition coefficient (Wildman–Crippen LogP) is 3.39. The highest BCUT2D eigenvalue weighted by Crippen LogP contribution is 2.21. The van der Waals surface area contributed by atoms with E-state index in [4.69, 9.17) is 0 Å². The maximum absolute atomic E-state index is 12.8. The van der Waals surface area contributed by atoms with Crippen LogP contribution in [0.1, 0.15) is 16.1 Å². The second-order valence-corrected chi connectivity index (χ2v) is 8.57. The number of sulfonamides is 1. The number of hydrogen-bond donors (Lipinski definition) is 1. The summed E-state index contributed by atoms with van der Waals surface area (Å²) in [4.78, 5) is 24.8. The number of imidazole rings is 1. The van der Waals surface area contributed by atoms with Crippen LogP contribution in [0.5, 0.6) is 0 Å². The van der Waals surface area contributed by atoms with Gasteiger partial charge in [0.15, 0.2) is 5.82 Å². The number of aryl methyl sites for hydroxylation is 1. The van der Waals surface area contributed by atoms with Gasteiger partial charge in [-0.1, -0.05) is 35.9 Å². The number of para-hydroxylation sites is 2. The van der Waals surface area contributed by atoms with Crippen molar-refractivity contribution in [1.29, 1.82) is 0 Å². The number of nitrogens with one attached hydrogen (secondary N) is 1. The van der Waals surface area contributed by atoms with Crippen molar-refractivity contribution >= 4 is 27.0 Å². The Hall–Kier alpha value is -3.52. The molecular weight excluding hydrogens is 388 g/mol. The van der Waals surface area contributed by atoms with Gasteiger partial charge in [0.2, 0.25) is 0 Å². The average Bonchev–Trinajstić information content (AvgIpc) is 3.17. The second-order valence-electron chi connectivity index (χ2n) is 6.60. The molecule has 0 atom stereocenters. The Labute approximate surface area is 168 Å². The minimum Gasteiger partial charge on any atom is -0.337 e. The Bertz CT molecular complexity index is 1280. The fourth-order valence-corrected chi connectivity index (χ4v) is 4.01. The molecule has 2 aromatic carbocycles. The number of carbonyl (C=O) groups is 1. The van der Waals surface area contributed by atoms with E-state index in [-0.39, 0.29) is 10.6 Å². The number of pyridine rings is 1. The standard InChI is InChI=1S/C21H18N4O3S/c1-14-10-12-15(13-11-14)29(27,28)25(2)21(26)19-9-5-8-18(22-19)20-23-16-6-3-4-7-17(16)24-20/h3-13H,1-2H3,(H,23,24). The molecule has 0 aliphatic heterocycles. The maximum atomic E-state index is 12.8. The highest BCUT2D eigenvalue weighted by Gasteiger charge is 2.27. The van der Waals surface area contributed by atoms with Gasteiger partial charge in [-0.15, -0.1) is 0 Å². The molecule has 4 aromatic rings. The van der Waals surface area contributed by atoms with Crippen LogP contribution in [0.2, 0.25) is 0 Å². The highest BCUT2D eigenvalue weighted by atomic mass is 32.2. The highest BCUT2D eigenvalue weighted by molar-refractivity contribution is 7.89. The van der Waals surface area contributed by atoms with Crippen LogP contribution in [0, 0.1) is 6.92 Å². The zero-order chi connectivity index (χ0) is 20.6. The van der Waals surface area contributed by atoms with Crippen LogP contribution in [-0.4, -0.2) is 40.6 Å². The van der Waals surface area contributed by atoms with E-state index >= 15 is 0 Å². The molecular formula is C21H18N4O3S. The average molecular weight is 406 g/mol. The number of aromatic nitrogens is 3. The van der Waals surface area contributed by atoms with Gasteiger partial charge in [-0.05, 0) is 43.3 Å². The van der Waals surface area contributed by atoms with Crippen LogP contribution < -0.4 is 0 Å². The third-order valence-corrected chi connectivity index (χ3v) is 6.32. The summed E-state index contributed by atoms with van der Waals surface area (Å²) in [5, 5.41) is 0. The summed E-state index contributed by atoms with van der Waals surface area (Å²) in [6.07, 6.45) is 0. The quantitative estimate of drug-likeness (QED) is 0.560. The molecule has 146 valence electrons.